The van der Waals surface area contributed by atoms with Crippen molar-refractivity contribution in [2.75, 3.05) is 33.2 Å². The molecule has 112 valence electrons. The molecule has 0 amide bonds. The van der Waals surface area contributed by atoms with E-state index >= 15 is 0 Å². The lowest BCUT2D eigenvalue weighted by Crippen LogP contribution is -2.52. The first-order valence-corrected chi connectivity index (χ1v) is 8.23. The number of benzene rings is 1. The highest BCUT2D eigenvalue weighted by molar-refractivity contribution is 7.89. The van der Waals surface area contributed by atoms with Crippen LogP contribution in [0.2, 0.25) is 5.02 Å². The number of hydrogen-bond donors (Lipinski definition) is 2. The summed E-state index contributed by atoms with van der Waals surface area (Å²) in [6.45, 7) is 3.19. The summed E-state index contributed by atoms with van der Waals surface area (Å²) >= 11 is 5.99. The number of sulfonamides is 1. The quantitative estimate of drug-likeness (QED) is 0.831. The second-order valence-corrected chi connectivity index (χ2v) is 6.89. The van der Waals surface area contributed by atoms with E-state index in [2.05, 4.69) is 9.73 Å². The van der Waals surface area contributed by atoms with E-state index in [-0.39, 0.29) is 16.5 Å². The molecule has 1 aromatic rings. The SMILES string of the molecule is CN1CCN(NS(=O)(=O)c2cc(CN)ccc2Cl)CC1. The predicted molar refractivity (Wildman–Crippen MR) is 78.7 cm³/mol. The van der Waals surface area contributed by atoms with Crippen LogP contribution in [0.25, 0.3) is 0 Å². The monoisotopic (exact) mass is 318 g/mol. The van der Waals surface area contributed by atoms with Gasteiger partial charge in [-0.15, -0.1) is 4.83 Å². The highest BCUT2D eigenvalue weighted by Gasteiger charge is 2.23. The normalized spacial score (nSPS) is 18.4. The third-order valence-corrected chi connectivity index (χ3v) is 5.13. The number of nitrogens with one attached hydrogen (secondary N) is 1. The molecule has 6 nitrogen and oxygen atoms in total. The number of halogens is 1. The summed E-state index contributed by atoms with van der Waals surface area (Å²) in [5, 5.41) is 1.89. The van der Waals surface area contributed by atoms with Crippen molar-refractivity contribution in [3.8, 4) is 0 Å². The Morgan fingerprint density at radius 1 is 1.30 bits per heavy atom. The zero-order chi connectivity index (χ0) is 14.8. The van der Waals surface area contributed by atoms with Crippen LogP contribution >= 0.6 is 11.6 Å². The van der Waals surface area contributed by atoms with E-state index in [1.807, 2.05) is 7.05 Å². The van der Waals surface area contributed by atoms with E-state index in [0.29, 0.717) is 13.1 Å². The van der Waals surface area contributed by atoms with Crippen molar-refractivity contribution < 1.29 is 8.42 Å². The van der Waals surface area contributed by atoms with Gasteiger partial charge in [-0.05, 0) is 24.7 Å². The smallest absolute Gasteiger partial charge is 0.254 e. The van der Waals surface area contributed by atoms with Crippen LogP contribution in [0.1, 0.15) is 5.56 Å². The molecule has 8 heteroatoms. The van der Waals surface area contributed by atoms with E-state index in [0.717, 1.165) is 18.7 Å². The molecule has 20 heavy (non-hydrogen) atoms. The molecule has 1 saturated heterocycles. The first kappa shape index (κ1) is 15.7. The van der Waals surface area contributed by atoms with E-state index in [4.69, 9.17) is 17.3 Å². The Labute approximate surface area is 124 Å². The number of rotatable bonds is 4. The molecule has 1 fully saturated rings. The van der Waals surface area contributed by atoms with Crippen molar-refractivity contribution in [1.82, 2.24) is 14.7 Å². The molecule has 0 aliphatic carbocycles. The van der Waals surface area contributed by atoms with Gasteiger partial charge in [0.2, 0.25) is 0 Å². The van der Waals surface area contributed by atoms with Crippen molar-refractivity contribution >= 4 is 21.6 Å². The van der Waals surface area contributed by atoms with Crippen LogP contribution in [-0.4, -0.2) is 51.6 Å². The van der Waals surface area contributed by atoms with E-state index in [1.165, 1.54) is 6.07 Å². The van der Waals surface area contributed by atoms with Crippen LogP contribution in [0.3, 0.4) is 0 Å². The summed E-state index contributed by atoms with van der Waals surface area (Å²) in [6, 6.07) is 4.79. The van der Waals surface area contributed by atoms with Gasteiger partial charge in [-0.1, -0.05) is 17.7 Å². The summed E-state index contributed by atoms with van der Waals surface area (Å²) in [5.41, 5.74) is 6.27. The fraction of sp³-hybridized carbons (Fsp3) is 0.500. The molecule has 1 aromatic carbocycles. The Bertz CT molecular complexity index is 571. The minimum Gasteiger partial charge on any atom is -0.326 e. The molecule has 0 bridgehead atoms. The zero-order valence-electron chi connectivity index (χ0n) is 11.3. The molecule has 0 atom stereocenters. The number of piperazine rings is 1. The number of hydrazine groups is 1. The zero-order valence-corrected chi connectivity index (χ0v) is 12.9. The first-order chi connectivity index (χ1) is 9.42. The van der Waals surface area contributed by atoms with E-state index in [9.17, 15) is 8.42 Å². The summed E-state index contributed by atoms with van der Waals surface area (Å²) in [6.07, 6.45) is 0. The van der Waals surface area contributed by atoms with Crippen molar-refractivity contribution in [2.24, 2.45) is 5.73 Å². The lowest BCUT2D eigenvalue weighted by Gasteiger charge is -2.32. The van der Waals surface area contributed by atoms with Crippen LogP contribution in [0.4, 0.5) is 0 Å². The Balaban J connectivity index is 2.18. The molecule has 0 spiro atoms. The fourth-order valence-electron chi connectivity index (χ4n) is 2.00. The van der Waals surface area contributed by atoms with Crippen molar-refractivity contribution in [3.63, 3.8) is 0 Å². The second-order valence-electron chi connectivity index (χ2n) is 4.85. The number of nitrogens with two attached hydrogens (primary N) is 1. The Kier molecular flexibility index (Phi) is 5.00. The van der Waals surface area contributed by atoms with Crippen LogP contribution in [-0.2, 0) is 16.6 Å². The molecule has 3 N–H and O–H groups in total. The van der Waals surface area contributed by atoms with Gasteiger partial charge in [0.15, 0.2) is 0 Å². The highest BCUT2D eigenvalue weighted by Crippen LogP contribution is 2.22. The number of nitrogens with zero attached hydrogens (tertiary/aromatic N) is 2. The van der Waals surface area contributed by atoms with E-state index in [1.54, 1.807) is 17.1 Å². The van der Waals surface area contributed by atoms with E-state index < -0.39 is 10.0 Å². The maximum atomic E-state index is 12.4. The van der Waals surface area contributed by atoms with Crippen molar-refractivity contribution in [1.29, 1.82) is 0 Å². The average molecular weight is 319 g/mol. The molecule has 0 unspecified atom stereocenters. The van der Waals surface area contributed by atoms with Gasteiger partial charge >= 0.3 is 0 Å². The molecule has 0 radical (unpaired) electrons. The Morgan fingerprint density at radius 3 is 2.55 bits per heavy atom. The topological polar surface area (TPSA) is 78.7 Å². The van der Waals surface area contributed by atoms with Crippen LogP contribution < -0.4 is 10.6 Å². The van der Waals surface area contributed by atoms with Gasteiger partial charge in [0.1, 0.15) is 4.90 Å². The largest absolute Gasteiger partial charge is 0.326 e. The maximum Gasteiger partial charge on any atom is 0.254 e. The minimum atomic E-state index is -3.67. The molecule has 1 aliphatic heterocycles. The van der Waals surface area contributed by atoms with Crippen molar-refractivity contribution in [2.45, 2.75) is 11.4 Å². The molecular formula is C12H19ClN4O2S. The Morgan fingerprint density at radius 2 is 1.95 bits per heavy atom. The van der Waals surface area contributed by atoms with Crippen molar-refractivity contribution in [3.05, 3.63) is 28.8 Å². The predicted octanol–water partition coefficient (Wildman–Crippen LogP) is 0.239. The van der Waals surface area contributed by atoms with Gasteiger partial charge in [0.25, 0.3) is 10.0 Å². The number of likely N-dealkylation sites (N-methyl/N-ethyl adjacent to an activating group) is 1. The summed E-state index contributed by atoms with van der Waals surface area (Å²) in [7, 11) is -1.66. The number of hydrogen-bond acceptors (Lipinski definition) is 5. The third kappa shape index (κ3) is 3.69. The standard InChI is InChI=1S/C12H19ClN4O2S/c1-16-4-6-17(7-5-16)15-20(18,19)12-8-10(9-14)2-3-11(12)13/h2-3,8,15H,4-7,9,14H2,1H3. The Hall–Kier alpha value is -0.700. The van der Waals surface area contributed by atoms with Gasteiger partial charge in [-0.3, -0.25) is 0 Å². The molecule has 0 saturated carbocycles. The van der Waals surface area contributed by atoms with Crippen LogP contribution in [0.5, 0.6) is 0 Å². The fourth-order valence-corrected chi connectivity index (χ4v) is 3.67. The van der Waals surface area contributed by atoms with Crippen LogP contribution in [0, 0.1) is 0 Å². The summed E-state index contributed by atoms with van der Waals surface area (Å²) in [4.78, 5) is 4.79. The summed E-state index contributed by atoms with van der Waals surface area (Å²) < 4.78 is 24.8. The van der Waals surface area contributed by atoms with Gasteiger partial charge in [0, 0.05) is 32.7 Å². The molecule has 0 aromatic heterocycles. The van der Waals surface area contributed by atoms with Gasteiger partial charge in [0.05, 0.1) is 5.02 Å². The average Bonchev–Trinajstić information content (AvgIpc) is 2.41. The maximum absolute atomic E-state index is 12.4. The first-order valence-electron chi connectivity index (χ1n) is 6.37. The molecule has 1 heterocycles. The van der Waals surface area contributed by atoms with Gasteiger partial charge in [-0.2, -0.15) is 0 Å². The minimum absolute atomic E-state index is 0.0704. The summed E-state index contributed by atoms with van der Waals surface area (Å²) in [5.74, 6) is 0. The third-order valence-electron chi connectivity index (χ3n) is 3.27. The van der Waals surface area contributed by atoms with Gasteiger partial charge in [-0.25, -0.2) is 13.4 Å². The van der Waals surface area contributed by atoms with Gasteiger partial charge < -0.3 is 10.6 Å². The second kappa shape index (κ2) is 6.38. The molecule has 1 aliphatic rings. The molecular weight excluding hydrogens is 300 g/mol. The van der Waals surface area contributed by atoms with Crippen LogP contribution in [0.15, 0.2) is 23.1 Å². The molecule has 2 rings (SSSR count). The highest BCUT2D eigenvalue weighted by atomic mass is 35.5. The lowest BCUT2D eigenvalue weighted by atomic mass is 10.2. The lowest BCUT2D eigenvalue weighted by molar-refractivity contribution is 0.135.